The molecule has 4 rings (SSSR count). The molecule has 0 fully saturated rings. The molecular formula is C24H23N3O. The normalized spacial score (nSPS) is 12.0. The van der Waals surface area contributed by atoms with Gasteiger partial charge in [0.05, 0.1) is 6.04 Å². The zero-order valence-electron chi connectivity index (χ0n) is 15.9. The lowest BCUT2D eigenvalue weighted by Gasteiger charge is -2.20. The maximum Gasteiger partial charge on any atom is 0.222 e. The van der Waals surface area contributed by atoms with Crippen LogP contribution in [-0.2, 0) is 11.3 Å². The molecule has 0 aliphatic rings. The van der Waals surface area contributed by atoms with Crippen molar-refractivity contribution in [1.82, 2.24) is 14.9 Å². The summed E-state index contributed by atoms with van der Waals surface area (Å²) in [6, 6.07) is 24.2. The van der Waals surface area contributed by atoms with Gasteiger partial charge in [-0.25, -0.2) is 0 Å². The first-order valence-electron chi connectivity index (χ1n) is 9.51. The van der Waals surface area contributed by atoms with Crippen LogP contribution in [0.1, 0.15) is 29.3 Å². The standard InChI is InChI=1S/C24H23N3O/c1-18-17-21-9-5-6-10-22(21)27(18)16-13-23(28)26-24(19-7-3-2-4-8-19)20-11-14-25-15-12-20/h2-12,14-15,17,24H,13,16H2,1H3,(H,26,28). The lowest BCUT2D eigenvalue weighted by Crippen LogP contribution is -2.30. The average molecular weight is 369 g/mol. The molecular weight excluding hydrogens is 346 g/mol. The first-order valence-corrected chi connectivity index (χ1v) is 9.51. The molecule has 2 aromatic carbocycles. The van der Waals surface area contributed by atoms with Crippen molar-refractivity contribution in [3.8, 4) is 0 Å². The van der Waals surface area contributed by atoms with E-state index in [0.717, 1.165) is 11.1 Å². The summed E-state index contributed by atoms with van der Waals surface area (Å²) in [4.78, 5) is 16.9. The SMILES string of the molecule is Cc1cc2ccccc2n1CCC(=O)NC(c1ccccc1)c1ccncc1. The highest BCUT2D eigenvalue weighted by molar-refractivity contribution is 5.82. The highest BCUT2D eigenvalue weighted by Gasteiger charge is 2.17. The van der Waals surface area contributed by atoms with E-state index < -0.39 is 0 Å². The van der Waals surface area contributed by atoms with Crippen molar-refractivity contribution in [2.75, 3.05) is 0 Å². The minimum atomic E-state index is -0.181. The third-order valence-electron chi connectivity index (χ3n) is 5.06. The summed E-state index contributed by atoms with van der Waals surface area (Å²) in [6.45, 7) is 2.74. The molecule has 1 N–H and O–H groups in total. The van der Waals surface area contributed by atoms with Gasteiger partial charge >= 0.3 is 0 Å². The van der Waals surface area contributed by atoms with Gasteiger partial charge in [-0.1, -0.05) is 48.5 Å². The van der Waals surface area contributed by atoms with E-state index >= 15 is 0 Å². The number of hydrogen-bond donors (Lipinski definition) is 1. The van der Waals surface area contributed by atoms with Crippen LogP contribution < -0.4 is 5.32 Å². The molecule has 0 saturated heterocycles. The number of rotatable bonds is 6. The van der Waals surface area contributed by atoms with Gasteiger partial charge in [-0.05, 0) is 47.7 Å². The zero-order valence-corrected chi connectivity index (χ0v) is 15.9. The zero-order chi connectivity index (χ0) is 19.3. The van der Waals surface area contributed by atoms with Gasteiger partial charge in [0.1, 0.15) is 0 Å². The second kappa shape index (κ2) is 8.09. The maximum absolute atomic E-state index is 12.8. The van der Waals surface area contributed by atoms with Gasteiger partial charge in [0, 0.05) is 36.6 Å². The molecule has 4 heteroatoms. The molecule has 28 heavy (non-hydrogen) atoms. The van der Waals surface area contributed by atoms with Crippen molar-refractivity contribution in [3.05, 3.63) is 102 Å². The lowest BCUT2D eigenvalue weighted by atomic mass is 9.99. The van der Waals surface area contributed by atoms with Crippen LogP contribution in [0.3, 0.4) is 0 Å². The minimum Gasteiger partial charge on any atom is -0.345 e. The van der Waals surface area contributed by atoms with E-state index in [4.69, 9.17) is 0 Å². The van der Waals surface area contributed by atoms with Crippen LogP contribution in [0.4, 0.5) is 0 Å². The number of amides is 1. The fourth-order valence-corrected chi connectivity index (χ4v) is 3.65. The number of aromatic nitrogens is 2. The number of carbonyl (C=O) groups is 1. The van der Waals surface area contributed by atoms with Gasteiger partial charge in [0.25, 0.3) is 0 Å². The van der Waals surface area contributed by atoms with Crippen LogP contribution in [0.25, 0.3) is 10.9 Å². The second-order valence-electron chi connectivity index (χ2n) is 6.94. The highest BCUT2D eigenvalue weighted by Crippen LogP contribution is 2.22. The molecule has 4 nitrogen and oxygen atoms in total. The quantitative estimate of drug-likeness (QED) is 0.538. The molecule has 0 saturated carbocycles. The molecule has 0 bridgehead atoms. The smallest absolute Gasteiger partial charge is 0.222 e. The summed E-state index contributed by atoms with van der Waals surface area (Å²) in [6.07, 6.45) is 3.94. The van der Waals surface area contributed by atoms with E-state index in [2.05, 4.69) is 40.0 Å². The summed E-state index contributed by atoms with van der Waals surface area (Å²) in [5, 5.41) is 4.41. The van der Waals surface area contributed by atoms with Crippen molar-refractivity contribution in [2.24, 2.45) is 0 Å². The fourth-order valence-electron chi connectivity index (χ4n) is 3.65. The molecule has 0 radical (unpaired) electrons. The number of hydrogen-bond acceptors (Lipinski definition) is 2. The first kappa shape index (κ1) is 18.0. The monoisotopic (exact) mass is 369 g/mol. The summed E-state index contributed by atoms with van der Waals surface area (Å²) in [5.41, 5.74) is 4.42. The Bertz CT molecular complexity index is 1030. The topological polar surface area (TPSA) is 46.9 Å². The molecule has 2 aromatic heterocycles. The second-order valence-corrected chi connectivity index (χ2v) is 6.94. The Balaban J connectivity index is 1.51. The third kappa shape index (κ3) is 3.81. The Morgan fingerprint density at radius 2 is 1.64 bits per heavy atom. The van der Waals surface area contributed by atoms with E-state index in [-0.39, 0.29) is 11.9 Å². The number of benzene rings is 2. The van der Waals surface area contributed by atoms with E-state index in [1.54, 1.807) is 12.4 Å². The first-order chi connectivity index (χ1) is 13.7. The number of para-hydroxylation sites is 1. The van der Waals surface area contributed by atoms with Crippen LogP contribution in [0.5, 0.6) is 0 Å². The number of pyridine rings is 1. The van der Waals surface area contributed by atoms with Crippen LogP contribution in [0.15, 0.2) is 85.2 Å². The summed E-state index contributed by atoms with van der Waals surface area (Å²) in [7, 11) is 0. The number of aryl methyl sites for hydroxylation is 2. The van der Waals surface area contributed by atoms with Gasteiger partial charge in [-0.2, -0.15) is 0 Å². The number of fused-ring (bicyclic) bond motifs is 1. The Kier molecular flexibility index (Phi) is 5.20. The van der Waals surface area contributed by atoms with E-state index in [9.17, 15) is 4.79 Å². The Morgan fingerprint density at radius 1 is 0.964 bits per heavy atom. The van der Waals surface area contributed by atoms with E-state index in [1.165, 1.54) is 16.6 Å². The van der Waals surface area contributed by atoms with Crippen molar-refractivity contribution < 1.29 is 4.79 Å². The number of nitrogens with zero attached hydrogens (tertiary/aromatic N) is 2. The van der Waals surface area contributed by atoms with Crippen LogP contribution in [-0.4, -0.2) is 15.5 Å². The average Bonchev–Trinajstić information content (AvgIpc) is 3.06. The van der Waals surface area contributed by atoms with Gasteiger partial charge in [0.15, 0.2) is 0 Å². The van der Waals surface area contributed by atoms with Gasteiger partial charge in [-0.15, -0.1) is 0 Å². The molecule has 0 aliphatic carbocycles. The Hall–Kier alpha value is -3.40. The molecule has 1 unspecified atom stereocenters. The van der Waals surface area contributed by atoms with Crippen molar-refractivity contribution in [1.29, 1.82) is 0 Å². The van der Waals surface area contributed by atoms with E-state index in [0.29, 0.717) is 13.0 Å². The van der Waals surface area contributed by atoms with Crippen LogP contribution in [0, 0.1) is 6.92 Å². The number of nitrogens with one attached hydrogen (secondary N) is 1. The molecule has 2 heterocycles. The Labute approximate surface area is 164 Å². The fraction of sp³-hybridized carbons (Fsp3) is 0.167. The largest absolute Gasteiger partial charge is 0.345 e. The maximum atomic E-state index is 12.8. The predicted octanol–water partition coefficient (Wildman–Crippen LogP) is 4.64. The summed E-state index contributed by atoms with van der Waals surface area (Å²) >= 11 is 0. The van der Waals surface area contributed by atoms with Gasteiger partial charge in [-0.3, -0.25) is 9.78 Å². The van der Waals surface area contributed by atoms with Crippen molar-refractivity contribution >= 4 is 16.8 Å². The number of carbonyl (C=O) groups excluding carboxylic acids is 1. The molecule has 1 amide bonds. The van der Waals surface area contributed by atoms with Crippen molar-refractivity contribution in [3.63, 3.8) is 0 Å². The van der Waals surface area contributed by atoms with Crippen LogP contribution in [0.2, 0.25) is 0 Å². The summed E-state index contributed by atoms with van der Waals surface area (Å²) < 4.78 is 2.21. The lowest BCUT2D eigenvalue weighted by molar-refractivity contribution is -0.121. The van der Waals surface area contributed by atoms with Crippen LogP contribution >= 0.6 is 0 Å². The molecule has 0 aliphatic heterocycles. The van der Waals surface area contributed by atoms with Gasteiger partial charge < -0.3 is 9.88 Å². The van der Waals surface area contributed by atoms with E-state index in [1.807, 2.05) is 54.6 Å². The Morgan fingerprint density at radius 3 is 2.43 bits per heavy atom. The molecule has 140 valence electrons. The predicted molar refractivity (Wildman–Crippen MR) is 112 cm³/mol. The summed E-state index contributed by atoms with van der Waals surface area (Å²) in [5.74, 6) is 0.0304. The molecule has 0 spiro atoms. The minimum absolute atomic E-state index is 0.0304. The highest BCUT2D eigenvalue weighted by atomic mass is 16.1. The molecule has 4 aromatic rings. The molecule has 1 atom stereocenters. The van der Waals surface area contributed by atoms with Crippen molar-refractivity contribution in [2.45, 2.75) is 25.9 Å². The van der Waals surface area contributed by atoms with Gasteiger partial charge in [0.2, 0.25) is 5.91 Å². The third-order valence-corrected chi connectivity index (χ3v) is 5.06.